The Morgan fingerprint density at radius 3 is 3.10 bits per heavy atom. The van der Waals surface area contributed by atoms with E-state index in [4.69, 9.17) is 9.52 Å². The number of rotatable bonds is 7. The van der Waals surface area contributed by atoms with Gasteiger partial charge in [0.15, 0.2) is 10.8 Å². The van der Waals surface area contributed by atoms with Gasteiger partial charge in [0.2, 0.25) is 5.91 Å². The number of carbonyl (C=O) groups excluding carboxylic acids is 1. The monoisotopic (exact) mass is 292 g/mol. The predicted octanol–water partition coefficient (Wildman–Crippen LogP) is 1.95. The lowest BCUT2D eigenvalue weighted by Crippen LogP contribution is -2.34. The maximum absolute atomic E-state index is 12.1. The number of aromatic nitrogens is 1. The summed E-state index contributed by atoms with van der Waals surface area (Å²) in [5.74, 6) is 0.627. The van der Waals surface area contributed by atoms with Gasteiger partial charge >= 0.3 is 0 Å². The molecule has 0 radical (unpaired) electrons. The van der Waals surface area contributed by atoms with Crippen molar-refractivity contribution in [2.75, 3.05) is 19.7 Å². The third-order valence-electron chi connectivity index (χ3n) is 2.69. The Labute approximate surface area is 121 Å². The largest absolute Gasteiger partial charge is 0.462 e. The normalized spacial score (nSPS) is 10.4. The molecule has 0 aliphatic rings. The summed E-state index contributed by atoms with van der Waals surface area (Å²) in [4.78, 5) is 18.0. The fourth-order valence-corrected chi connectivity index (χ4v) is 2.55. The first-order valence-electron chi connectivity index (χ1n) is 6.22. The van der Waals surface area contributed by atoms with E-state index < -0.39 is 0 Å². The lowest BCUT2D eigenvalue weighted by atomic mass is 10.3. The maximum atomic E-state index is 12.1. The Kier molecular flexibility index (Phi) is 5.09. The van der Waals surface area contributed by atoms with E-state index in [1.54, 1.807) is 23.3 Å². The zero-order chi connectivity index (χ0) is 14.4. The quantitative estimate of drug-likeness (QED) is 0.792. The molecule has 2 heterocycles. The smallest absolute Gasteiger partial charge is 0.228 e. The van der Waals surface area contributed by atoms with Gasteiger partial charge < -0.3 is 14.4 Å². The summed E-state index contributed by atoms with van der Waals surface area (Å²) < 4.78 is 5.27. The third-order valence-corrected chi connectivity index (χ3v) is 3.59. The van der Waals surface area contributed by atoms with E-state index in [1.165, 1.54) is 11.3 Å². The van der Waals surface area contributed by atoms with Gasteiger partial charge in [-0.2, -0.15) is 0 Å². The number of amides is 1. The molecule has 0 aliphatic carbocycles. The fraction of sp³-hybridized carbons (Fsp3) is 0.286. The molecule has 0 aliphatic heterocycles. The van der Waals surface area contributed by atoms with Gasteiger partial charge in [0.05, 0.1) is 25.0 Å². The van der Waals surface area contributed by atoms with Gasteiger partial charge in [0.1, 0.15) is 0 Å². The molecule has 5 nitrogen and oxygen atoms in total. The highest BCUT2D eigenvalue weighted by Crippen LogP contribution is 2.24. The number of hydrogen-bond donors (Lipinski definition) is 1. The second-order valence-electron chi connectivity index (χ2n) is 4.15. The van der Waals surface area contributed by atoms with E-state index in [0.29, 0.717) is 24.5 Å². The number of aliphatic hydroxyl groups excluding tert-OH is 1. The van der Waals surface area contributed by atoms with Gasteiger partial charge in [0.25, 0.3) is 0 Å². The topological polar surface area (TPSA) is 66.6 Å². The molecule has 0 spiro atoms. The van der Waals surface area contributed by atoms with Crippen LogP contribution in [-0.4, -0.2) is 40.6 Å². The van der Waals surface area contributed by atoms with Crippen LogP contribution in [0.5, 0.6) is 0 Å². The maximum Gasteiger partial charge on any atom is 0.228 e. The van der Waals surface area contributed by atoms with Gasteiger partial charge in [-0.05, 0) is 12.1 Å². The predicted molar refractivity (Wildman–Crippen MR) is 77.4 cm³/mol. The SMILES string of the molecule is C=CCN(CCO)C(=O)Cc1csc(-c2ccco2)n1. The molecule has 0 unspecified atom stereocenters. The number of hydrogen-bond acceptors (Lipinski definition) is 5. The van der Waals surface area contributed by atoms with Gasteiger partial charge in [0, 0.05) is 18.5 Å². The second-order valence-corrected chi connectivity index (χ2v) is 5.01. The summed E-state index contributed by atoms with van der Waals surface area (Å²) in [6.07, 6.45) is 3.45. The fourth-order valence-electron chi connectivity index (χ4n) is 1.76. The highest BCUT2D eigenvalue weighted by molar-refractivity contribution is 7.13. The Morgan fingerprint density at radius 1 is 1.60 bits per heavy atom. The lowest BCUT2D eigenvalue weighted by molar-refractivity contribution is -0.130. The summed E-state index contributed by atoms with van der Waals surface area (Å²) in [5, 5.41) is 11.6. The van der Waals surface area contributed by atoms with Crippen LogP contribution in [0.1, 0.15) is 5.69 Å². The molecular formula is C14H16N2O3S. The van der Waals surface area contributed by atoms with Crippen LogP contribution < -0.4 is 0 Å². The molecular weight excluding hydrogens is 276 g/mol. The van der Waals surface area contributed by atoms with E-state index in [1.807, 2.05) is 11.4 Å². The molecule has 0 aromatic carbocycles. The molecule has 0 saturated heterocycles. The van der Waals surface area contributed by atoms with Crippen molar-refractivity contribution in [1.29, 1.82) is 0 Å². The second kappa shape index (κ2) is 7.02. The minimum atomic E-state index is -0.0738. The van der Waals surface area contributed by atoms with Gasteiger partial charge in [-0.25, -0.2) is 4.98 Å². The van der Waals surface area contributed by atoms with Gasteiger partial charge in [-0.3, -0.25) is 4.79 Å². The van der Waals surface area contributed by atoms with Crippen molar-refractivity contribution in [3.05, 3.63) is 42.1 Å². The highest BCUT2D eigenvalue weighted by Gasteiger charge is 2.15. The standard InChI is InChI=1S/C14H16N2O3S/c1-2-5-16(6-7-17)13(18)9-11-10-20-14(15-11)12-4-3-8-19-12/h2-4,8,10,17H,1,5-7,9H2. The minimum Gasteiger partial charge on any atom is -0.462 e. The summed E-state index contributed by atoms with van der Waals surface area (Å²) >= 11 is 1.44. The van der Waals surface area contributed by atoms with Gasteiger partial charge in [-0.15, -0.1) is 17.9 Å². The molecule has 106 valence electrons. The number of carbonyl (C=O) groups is 1. The molecule has 1 N–H and O–H groups in total. The Morgan fingerprint density at radius 2 is 2.45 bits per heavy atom. The van der Waals surface area contributed by atoms with Crippen molar-refractivity contribution >= 4 is 17.2 Å². The Bertz CT molecular complexity index is 563. The van der Waals surface area contributed by atoms with E-state index >= 15 is 0 Å². The van der Waals surface area contributed by atoms with Crippen molar-refractivity contribution in [1.82, 2.24) is 9.88 Å². The first-order valence-corrected chi connectivity index (χ1v) is 7.10. The van der Waals surface area contributed by atoms with Crippen molar-refractivity contribution in [2.45, 2.75) is 6.42 Å². The van der Waals surface area contributed by atoms with Crippen LogP contribution >= 0.6 is 11.3 Å². The average molecular weight is 292 g/mol. The Hall–Kier alpha value is -1.92. The molecule has 2 aromatic rings. The lowest BCUT2D eigenvalue weighted by Gasteiger charge is -2.19. The highest BCUT2D eigenvalue weighted by atomic mass is 32.1. The summed E-state index contributed by atoms with van der Waals surface area (Å²) in [6.45, 7) is 4.28. The number of furan rings is 1. The molecule has 0 fully saturated rings. The van der Waals surface area contributed by atoms with Crippen LogP contribution in [0.15, 0.2) is 40.8 Å². The summed E-state index contributed by atoms with van der Waals surface area (Å²) in [6, 6.07) is 3.63. The van der Waals surface area contributed by atoms with Crippen molar-refractivity contribution in [3.8, 4) is 10.8 Å². The van der Waals surface area contributed by atoms with Crippen LogP contribution in [0.3, 0.4) is 0 Å². The zero-order valence-electron chi connectivity index (χ0n) is 11.0. The van der Waals surface area contributed by atoms with E-state index in [2.05, 4.69) is 11.6 Å². The number of aliphatic hydroxyl groups is 1. The van der Waals surface area contributed by atoms with Crippen LogP contribution in [0.2, 0.25) is 0 Å². The molecule has 6 heteroatoms. The molecule has 0 saturated carbocycles. The molecule has 2 aromatic heterocycles. The van der Waals surface area contributed by atoms with Gasteiger partial charge in [-0.1, -0.05) is 6.08 Å². The zero-order valence-corrected chi connectivity index (χ0v) is 11.8. The first-order chi connectivity index (χ1) is 9.74. The summed E-state index contributed by atoms with van der Waals surface area (Å²) in [5.41, 5.74) is 0.707. The molecule has 2 rings (SSSR count). The van der Waals surface area contributed by atoms with Crippen LogP contribution in [0, 0.1) is 0 Å². The summed E-state index contributed by atoms with van der Waals surface area (Å²) in [7, 11) is 0. The van der Waals surface area contributed by atoms with Crippen molar-refractivity contribution < 1.29 is 14.3 Å². The number of thiazole rings is 1. The average Bonchev–Trinajstić information content (AvgIpc) is 3.08. The van der Waals surface area contributed by atoms with Crippen LogP contribution in [0.25, 0.3) is 10.8 Å². The molecule has 1 amide bonds. The Balaban J connectivity index is 2.02. The van der Waals surface area contributed by atoms with E-state index in [0.717, 1.165) is 5.01 Å². The van der Waals surface area contributed by atoms with Crippen LogP contribution in [-0.2, 0) is 11.2 Å². The molecule has 0 bridgehead atoms. The molecule has 20 heavy (non-hydrogen) atoms. The molecule has 0 atom stereocenters. The number of nitrogens with zero attached hydrogens (tertiary/aromatic N) is 2. The third kappa shape index (κ3) is 3.55. The first kappa shape index (κ1) is 14.5. The van der Waals surface area contributed by atoms with Crippen LogP contribution in [0.4, 0.5) is 0 Å². The minimum absolute atomic E-state index is 0.0612. The van der Waals surface area contributed by atoms with E-state index in [9.17, 15) is 4.79 Å². The van der Waals surface area contributed by atoms with E-state index in [-0.39, 0.29) is 18.9 Å². The van der Waals surface area contributed by atoms with Crippen molar-refractivity contribution in [3.63, 3.8) is 0 Å². The van der Waals surface area contributed by atoms with Crippen molar-refractivity contribution in [2.24, 2.45) is 0 Å².